The van der Waals surface area contributed by atoms with Crippen molar-refractivity contribution < 1.29 is 9.90 Å². The maximum absolute atomic E-state index is 11.7. The van der Waals surface area contributed by atoms with Gasteiger partial charge in [0.1, 0.15) is 5.66 Å². The average Bonchev–Trinajstić information content (AvgIpc) is 2.54. The molecule has 0 radical (unpaired) electrons. The van der Waals surface area contributed by atoms with Crippen molar-refractivity contribution in [2.45, 2.75) is 37.8 Å². The molecule has 1 saturated carbocycles. The van der Waals surface area contributed by atoms with Crippen molar-refractivity contribution in [2.75, 3.05) is 4.90 Å². The van der Waals surface area contributed by atoms with Crippen LogP contribution < -0.4 is 16.4 Å². The van der Waals surface area contributed by atoms with E-state index in [1.807, 2.05) is 6.07 Å². The number of nitrogens with two attached hydrogens (primary N) is 2. The van der Waals surface area contributed by atoms with E-state index in [0.29, 0.717) is 18.5 Å². The minimum atomic E-state index is -1.14. The predicted molar refractivity (Wildman–Crippen MR) is 89.7 cm³/mol. The standard InChI is InChI=1S/C16H18N6O2/c17-9-10-4-5-12(11(8-10)13(23)24)22-15(19)20-14(18)21-16(22)6-2-1-3-7-16/h4-5,8H,1-3,6-7H2,(H,23,24)(H4,18,19,20,21). The third kappa shape index (κ3) is 2.54. The third-order valence-electron chi connectivity index (χ3n) is 4.45. The van der Waals surface area contributed by atoms with Gasteiger partial charge in [0, 0.05) is 0 Å². The molecular formula is C16H18N6O2. The van der Waals surface area contributed by atoms with Crippen molar-refractivity contribution in [1.29, 1.82) is 5.26 Å². The minimum Gasteiger partial charge on any atom is -0.478 e. The first-order chi connectivity index (χ1) is 11.5. The van der Waals surface area contributed by atoms with Crippen LogP contribution in [0.3, 0.4) is 0 Å². The number of rotatable bonds is 2. The van der Waals surface area contributed by atoms with Gasteiger partial charge in [0.15, 0.2) is 0 Å². The van der Waals surface area contributed by atoms with Gasteiger partial charge in [0.2, 0.25) is 11.9 Å². The molecule has 0 unspecified atom stereocenters. The van der Waals surface area contributed by atoms with Crippen molar-refractivity contribution in [3.8, 4) is 6.07 Å². The Bertz CT molecular complexity index is 786. The van der Waals surface area contributed by atoms with E-state index < -0.39 is 11.6 Å². The molecule has 24 heavy (non-hydrogen) atoms. The average molecular weight is 326 g/mol. The van der Waals surface area contributed by atoms with Gasteiger partial charge >= 0.3 is 5.97 Å². The highest BCUT2D eigenvalue weighted by molar-refractivity contribution is 6.09. The maximum Gasteiger partial charge on any atom is 0.337 e. The number of nitrogens with zero attached hydrogens (tertiary/aromatic N) is 4. The highest BCUT2D eigenvalue weighted by Crippen LogP contribution is 2.40. The van der Waals surface area contributed by atoms with Crippen LogP contribution >= 0.6 is 0 Å². The smallest absolute Gasteiger partial charge is 0.337 e. The fourth-order valence-corrected chi connectivity index (χ4v) is 3.44. The van der Waals surface area contributed by atoms with Gasteiger partial charge in [0.05, 0.1) is 22.9 Å². The summed E-state index contributed by atoms with van der Waals surface area (Å²) in [6.07, 6.45) is 4.39. The topological polar surface area (TPSA) is 141 Å². The van der Waals surface area contributed by atoms with Crippen LogP contribution in [0.2, 0.25) is 0 Å². The summed E-state index contributed by atoms with van der Waals surface area (Å²) in [6.45, 7) is 0. The Kier molecular flexibility index (Phi) is 3.85. The lowest BCUT2D eigenvalue weighted by atomic mass is 9.87. The molecule has 0 aromatic heterocycles. The van der Waals surface area contributed by atoms with Crippen LogP contribution in [0.15, 0.2) is 28.2 Å². The first-order valence-electron chi connectivity index (χ1n) is 7.74. The summed E-state index contributed by atoms with van der Waals surface area (Å²) in [4.78, 5) is 21.9. The highest BCUT2D eigenvalue weighted by atomic mass is 16.4. The predicted octanol–water partition coefficient (Wildman–Crippen LogP) is 1.37. The van der Waals surface area contributed by atoms with Gasteiger partial charge in [-0.3, -0.25) is 4.90 Å². The van der Waals surface area contributed by atoms with Crippen LogP contribution in [0.1, 0.15) is 48.0 Å². The number of aromatic carboxylic acids is 1. The van der Waals surface area contributed by atoms with E-state index in [4.69, 9.17) is 16.7 Å². The van der Waals surface area contributed by atoms with Gasteiger partial charge in [-0.05, 0) is 43.9 Å². The molecular weight excluding hydrogens is 308 g/mol. The molecule has 124 valence electrons. The number of guanidine groups is 2. The largest absolute Gasteiger partial charge is 0.478 e. The molecule has 8 heteroatoms. The SMILES string of the molecule is N#Cc1ccc(N2C(N)=NC(N)=NC23CCCCC3)c(C(=O)O)c1. The van der Waals surface area contributed by atoms with E-state index >= 15 is 0 Å². The molecule has 1 spiro atoms. The monoisotopic (exact) mass is 326 g/mol. The highest BCUT2D eigenvalue weighted by Gasteiger charge is 2.43. The maximum atomic E-state index is 11.7. The molecule has 1 aliphatic heterocycles. The van der Waals surface area contributed by atoms with Crippen LogP contribution in [0.5, 0.6) is 0 Å². The van der Waals surface area contributed by atoms with Gasteiger partial charge in [0.25, 0.3) is 0 Å². The third-order valence-corrected chi connectivity index (χ3v) is 4.45. The van der Waals surface area contributed by atoms with Crippen molar-refractivity contribution in [3.63, 3.8) is 0 Å². The number of carboxylic acid groups (broad SMARTS) is 1. The first kappa shape index (κ1) is 15.8. The second-order valence-electron chi connectivity index (χ2n) is 5.97. The van der Waals surface area contributed by atoms with E-state index in [2.05, 4.69) is 9.98 Å². The number of anilines is 1. The lowest BCUT2D eigenvalue weighted by Crippen LogP contribution is -2.58. The Labute approximate surface area is 139 Å². The molecule has 1 aromatic carbocycles. The fourth-order valence-electron chi connectivity index (χ4n) is 3.44. The Balaban J connectivity index is 2.17. The van der Waals surface area contributed by atoms with E-state index in [1.54, 1.807) is 17.0 Å². The fraction of sp³-hybridized carbons (Fsp3) is 0.375. The molecule has 0 atom stereocenters. The quantitative estimate of drug-likeness (QED) is 0.749. The Hall–Kier alpha value is -3.08. The van der Waals surface area contributed by atoms with Crippen molar-refractivity contribution >= 4 is 23.6 Å². The Morgan fingerprint density at radius 1 is 1.29 bits per heavy atom. The molecule has 0 saturated heterocycles. The van der Waals surface area contributed by atoms with E-state index in [0.717, 1.165) is 19.3 Å². The second kappa shape index (κ2) is 5.85. The summed E-state index contributed by atoms with van der Waals surface area (Å²) in [6, 6.07) is 6.43. The zero-order valence-corrected chi connectivity index (χ0v) is 13.1. The number of aliphatic imine (C=N–C) groups is 2. The molecule has 0 bridgehead atoms. The van der Waals surface area contributed by atoms with E-state index in [-0.39, 0.29) is 23.0 Å². The summed E-state index contributed by atoms with van der Waals surface area (Å²) >= 11 is 0. The van der Waals surface area contributed by atoms with Crippen LogP contribution in [-0.4, -0.2) is 28.7 Å². The zero-order valence-electron chi connectivity index (χ0n) is 13.1. The summed E-state index contributed by atoms with van der Waals surface area (Å²) in [5, 5.41) is 18.6. The van der Waals surface area contributed by atoms with Crippen LogP contribution in [0.25, 0.3) is 0 Å². The van der Waals surface area contributed by atoms with Gasteiger partial charge in [-0.25, -0.2) is 9.79 Å². The van der Waals surface area contributed by atoms with Crippen molar-refractivity contribution in [3.05, 3.63) is 29.3 Å². The zero-order chi connectivity index (χ0) is 17.3. The van der Waals surface area contributed by atoms with Gasteiger partial charge in [-0.2, -0.15) is 10.3 Å². The summed E-state index contributed by atoms with van der Waals surface area (Å²) in [7, 11) is 0. The number of hydrogen-bond acceptors (Lipinski definition) is 7. The molecule has 1 fully saturated rings. The van der Waals surface area contributed by atoms with Gasteiger partial charge < -0.3 is 16.6 Å². The lowest BCUT2D eigenvalue weighted by Gasteiger charge is -2.46. The number of carboxylic acids is 1. The van der Waals surface area contributed by atoms with Crippen molar-refractivity contribution in [2.24, 2.45) is 21.5 Å². The molecule has 2 aliphatic rings. The number of carbonyl (C=O) groups is 1. The van der Waals surface area contributed by atoms with Gasteiger partial charge in [-0.1, -0.05) is 6.42 Å². The van der Waals surface area contributed by atoms with Gasteiger partial charge in [-0.15, -0.1) is 0 Å². The molecule has 1 aliphatic carbocycles. The molecule has 1 aromatic rings. The minimum absolute atomic E-state index is 0.00665. The Morgan fingerprint density at radius 2 is 2.00 bits per heavy atom. The molecule has 8 nitrogen and oxygen atoms in total. The number of benzene rings is 1. The second-order valence-corrected chi connectivity index (χ2v) is 5.97. The molecule has 1 heterocycles. The van der Waals surface area contributed by atoms with Crippen LogP contribution in [0.4, 0.5) is 5.69 Å². The van der Waals surface area contributed by atoms with Crippen LogP contribution in [0, 0.1) is 11.3 Å². The molecule has 5 N–H and O–H groups in total. The summed E-state index contributed by atoms with van der Waals surface area (Å²) < 4.78 is 0. The van der Waals surface area contributed by atoms with Crippen molar-refractivity contribution in [1.82, 2.24) is 0 Å². The number of nitriles is 1. The summed E-state index contributed by atoms with van der Waals surface area (Å²) in [5.41, 5.74) is 11.8. The van der Waals surface area contributed by atoms with Crippen LogP contribution in [-0.2, 0) is 0 Å². The normalized spacial score (nSPS) is 19.4. The first-order valence-corrected chi connectivity index (χ1v) is 7.74. The number of hydrogen-bond donors (Lipinski definition) is 3. The lowest BCUT2D eigenvalue weighted by molar-refractivity contribution is 0.0697. The molecule has 3 rings (SSSR count). The molecule has 0 amide bonds. The van der Waals surface area contributed by atoms with E-state index in [9.17, 15) is 9.90 Å². The summed E-state index contributed by atoms with van der Waals surface area (Å²) in [5.74, 6) is -0.906. The Morgan fingerprint density at radius 3 is 2.62 bits per heavy atom. The van der Waals surface area contributed by atoms with E-state index in [1.165, 1.54) is 6.07 Å².